The zero-order valence-electron chi connectivity index (χ0n) is 8.73. The lowest BCUT2D eigenvalue weighted by Gasteiger charge is -2.03. The van der Waals surface area contributed by atoms with Gasteiger partial charge in [-0.1, -0.05) is 31.2 Å². The second kappa shape index (κ2) is 4.22. The summed E-state index contributed by atoms with van der Waals surface area (Å²) in [6.07, 6.45) is 3.13. The van der Waals surface area contributed by atoms with Crippen LogP contribution in [-0.4, -0.2) is 10.8 Å². The van der Waals surface area contributed by atoms with Gasteiger partial charge in [-0.2, -0.15) is 0 Å². The minimum atomic E-state index is 0.134. The molecule has 76 valence electrons. The van der Waals surface area contributed by atoms with Crippen molar-refractivity contribution in [1.29, 1.82) is 0 Å². The van der Waals surface area contributed by atoms with Gasteiger partial charge in [-0.15, -0.1) is 0 Å². The van der Waals surface area contributed by atoms with E-state index in [-0.39, 0.29) is 5.78 Å². The number of rotatable bonds is 3. The maximum absolute atomic E-state index is 11.8. The van der Waals surface area contributed by atoms with E-state index < -0.39 is 0 Å². The molecule has 0 amide bonds. The van der Waals surface area contributed by atoms with Gasteiger partial charge in [0.05, 0.1) is 0 Å². The first-order chi connectivity index (χ1) is 7.33. The van der Waals surface area contributed by atoms with Crippen molar-refractivity contribution in [3.8, 4) is 0 Å². The number of hydrogen-bond donors (Lipinski definition) is 0. The fourth-order valence-corrected chi connectivity index (χ4v) is 1.69. The Hall–Kier alpha value is -1.70. The third-order valence-corrected chi connectivity index (χ3v) is 2.41. The molecule has 1 aromatic heterocycles. The quantitative estimate of drug-likeness (QED) is 0.710. The maximum Gasteiger partial charge on any atom is 0.181 e. The molecule has 0 spiro atoms. The number of fused-ring (bicyclic) bond motifs is 1. The van der Waals surface area contributed by atoms with Gasteiger partial charge in [-0.3, -0.25) is 9.78 Å². The van der Waals surface area contributed by atoms with E-state index >= 15 is 0 Å². The molecule has 0 aliphatic heterocycles. The molecule has 2 nitrogen and oxygen atoms in total. The number of hydrogen-bond acceptors (Lipinski definition) is 2. The van der Waals surface area contributed by atoms with Crippen LogP contribution in [0.15, 0.2) is 36.5 Å². The van der Waals surface area contributed by atoms with Crippen LogP contribution in [0.1, 0.15) is 30.3 Å². The van der Waals surface area contributed by atoms with E-state index in [4.69, 9.17) is 0 Å². The SMILES string of the molecule is CCCC(=O)c1nccc2ccccc12. The summed E-state index contributed by atoms with van der Waals surface area (Å²) in [5.41, 5.74) is 0.606. The lowest BCUT2D eigenvalue weighted by atomic mass is 10.1. The average Bonchev–Trinajstić information content (AvgIpc) is 2.28. The molecular weight excluding hydrogens is 186 g/mol. The van der Waals surface area contributed by atoms with E-state index in [0.29, 0.717) is 12.1 Å². The Bertz CT molecular complexity index is 485. The van der Waals surface area contributed by atoms with Gasteiger partial charge in [0.15, 0.2) is 5.78 Å². The predicted octanol–water partition coefficient (Wildman–Crippen LogP) is 3.22. The van der Waals surface area contributed by atoms with E-state index in [9.17, 15) is 4.79 Å². The van der Waals surface area contributed by atoms with Crippen molar-refractivity contribution in [3.63, 3.8) is 0 Å². The highest BCUT2D eigenvalue weighted by Gasteiger charge is 2.09. The molecule has 2 aromatic rings. The maximum atomic E-state index is 11.8. The predicted molar refractivity (Wildman–Crippen MR) is 61.0 cm³/mol. The molecule has 2 heteroatoms. The Morgan fingerprint density at radius 3 is 2.87 bits per heavy atom. The monoisotopic (exact) mass is 199 g/mol. The van der Waals surface area contributed by atoms with Gasteiger partial charge in [0.25, 0.3) is 0 Å². The molecular formula is C13H13NO. The van der Waals surface area contributed by atoms with Crippen molar-refractivity contribution in [3.05, 3.63) is 42.2 Å². The molecule has 15 heavy (non-hydrogen) atoms. The molecule has 0 N–H and O–H groups in total. The van der Waals surface area contributed by atoms with E-state index in [2.05, 4.69) is 4.98 Å². The summed E-state index contributed by atoms with van der Waals surface area (Å²) >= 11 is 0. The molecule has 0 aliphatic rings. The van der Waals surface area contributed by atoms with Crippen molar-refractivity contribution in [2.45, 2.75) is 19.8 Å². The summed E-state index contributed by atoms with van der Waals surface area (Å²) in [5, 5.41) is 2.03. The van der Waals surface area contributed by atoms with Gasteiger partial charge in [-0.25, -0.2) is 0 Å². The lowest BCUT2D eigenvalue weighted by Crippen LogP contribution is -2.02. The Morgan fingerprint density at radius 2 is 2.07 bits per heavy atom. The van der Waals surface area contributed by atoms with Crippen molar-refractivity contribution in [2.24, 2.45) is 0 Å². The van der Waals surface area contributed by atoms with Crippen LogP contribution in [0.2, 0.25) is 0 Å². The fraction of sp³-hybridized carbons (Fsp3) is 0.231. The molecule has 0 aliphatic carbocycles. The number of carbonyl (C=O) groups excluding carboxylic acids is 1. The van der Waals surface area contributed by atoms with Crippen LogP contribution in [0.25, 0.3) is 10.8 Å². The van der Waals surface area contributed by atoms with E-state index in [1.165, 1.54) is 0 Å². The van der Waals surface area contributed by atoms with Gasteiger partial charge < -0.3 is 0 Å². The van der Waals surface area contributed by atoms with Gasteiger partial charge in [-0.05, 0) is 17.9 Å². The third-order valence-electron chi connectivity index (χ3n) is 2.41. The highest BCUT2D eigenvalue weighted by atomic mass is 16.1. The van der Waals surface area contributed by atoms with Gasteiger partial charge in [0, 0.05) is 18.0 Å². The summed E-state index contributed by atoms with van der Waals surface area (Å²) in [6, 6.07) is 9.78. The smallest absolute Gasteiger partial charge is 0.181 e. The molecule has 1 heterocycles. The zero-order valence-corrected chi connectivity index (χ0v) is 8.73. The summed E-state index contributed by atoms with van der Waals surface area (Å²) in [6.45, 7) is 2.00. The Morgan fingerprint density at radius 1 is 1.27 bits per heavy atom. The van der Waals surface area contributed by atoms with Gasteiger partial charge >= 0.3 is 0 Å². The van der Waals surface area contributed by atoms with Crippen molar-refractivity contribution < 1.29 is 4.79 Å². The van der Waals surface area contributed by atoms with Crippen molar-refractivity contribution in [1.82, 2.24) is 4.98 Å². The molecule has 2 rings (SSSR count). The first kappa shape index (κ1) is 9.84. The second-order valence-corrected chi connectivity index (χ2v) is 3.55. The number of pyridine rings is 1. The molecule has 0 saturated carbocycles. The highest BCUT2D eigenvalue weighted by molar-refractivity contribution is 6.06. The fourth-order valence-electron chi connectivity index (χ4n) is 1.69. The number of aromatic nitrogens is 1. The second-order valence-electron chi connectivity index (χ2n) is 3.55. The topological polar surface area (TPSA) is 30.0 Å². The number of ketones is 1. The minimum Gasteiger partial charge on any atom is -0.292 e. The van der Waals surface area contributed by atoms with E-state index in [1.807, 2.05) is 37.3 Å². The Labute approximate surface area is 89.0 Å². The summed E-state index contributed by atoms with van der Waals surface area (Å²) < 4.78 is 0. The van der Waals surface area contributed by atoms with E-state index in [1.54, 1.807) is 6.20 Å². The van der Waals surface area contributed by atoms with Crippen LogP contribution in [0.4, 0.5) is 0 Å². The van der Waals surface area contributed by atoms with E-state index in [0.717, 1.165) is 17.2 Å². The normalized spacial score (nSPS) is 10.5. The van der Waals surface area contributed by atoms with Crippen LogP contribution in [0.5, 0.6) is 0 Å². The number of carbonyl (C=O) groups is 1. The van der Waals surface area contributed by atoms with Gasteiger partial charge in [0.1, 0.15) is 5.69 Å². The minimum absolute atomic E-state index is 0.134. The van der Waals surface area contributed by atoms with Crippen LogP contribution in [-0.2, 0) is 0 Å². The first-order valence-electron chi connectivity index (χ1n) is 5.20. The summed E-state index contributed by atoms with van der Waals surface area (Å²) in [5.74, 6) is 0.134. The van der Waals surface area contributed by atoms with Crippen LogP contribution in [0, 0.1) is 0 Å². The zero-order chi connectivity index (χ0) is 10.7. The summed E-state index contributed by atoms with van der Waals surface area (Å²) in [4.78, 5) is 16.0. The Balaban J connectivity index is 2.56. The number of benzene rings is 1. The van der Waals surface area contributed by atoms with Crippen molar-refractivity contribution in [2.75, 3.05) is 0 Å². The first-order valence-corrected chi connectivity index (χ1v) is 5.20. The molecule has 0 atom stereocenters. The Kier molecular flexibility index (Phi) is 2.77. The standard InChI is InChI=1S/C13H13NO/c1-2-5-12(15)13-11-7-4-3-6-10(11)8-9-14-13/h3-4,6-9H,2,5H2,1H3. The lowest BCUT2D eigenvalue weighted by molar-refractivity contribution is 0.0979. The van der Waals surface area contributed by atoms with Crippen LogP contribution >= 0.6 is 0 Å². The molecule has 0 radical (unpaired) electrons. The van der Waals surface area contributed by atoms with Crippen LogP contribution < -0.4 is 0 Å². The largest absolute Gasteiger partial charge is 0.292 e. The number of Topliss-reactive ketones (excluding diaryl/α,β-unsaturated/α-hetero) is 1. The highest BCUT2D eigenvalue weighted by Crippen LogP contribution is 2.17. The molecule has 0 unspecified atom stereocenters. The number of nitrogens with zero attached hydrogens (tertiary/aromatic N) is 1. The molecule has 0 saturated heterocycles. The molecule has 0 bridgehead atoms. The third kappa shape index (κ3) is 1.89. The van der Waals surface area contributed by atoms with Gasteiger partial charge in [0.2, 0.25) is 0 Å². The molecule has 0 fully saturated rings. The van der Waals surface area contributed by atoms with Crippen LogP contribution in [0.3, 0.4) is 0 Å². The van der Waals surface area contributed by atoms with Crippen molar-refractivity contribution >= 4 is 16.6 Å². The average molecular weight is 199 g/mol. The molecule has 1 aromatic carbocycles. The summed E-state index contributed by atoms with van der Waals surface area (Å²) in [7, 11) is 0.